The van der Waals surface area contributed by atoms with E-state index in [4.69, 9.17) is 9.47 Å². The van der Waals surface area contributed by atoms with E-state index in [0.717, 1.165) is 5.69 Å². The molecule has 0 unspecified atom stereocenters. The van der Waals surface area contributed by atoms with Gasteiger partial charge in [-0.15, -0.1) is 0 Å². The summed E-state index contributed by atoms with van der Waals surface area (Å²) in [6.07, 6.45) is 0. The van der Waals surface area contributed by atoms with Gasteiger partial charge in [0, 0.05) is 6.07 Å². The number of hydrogen-bond acceptors (Lipinski definition) is 6. The molecule has 0 aliphatic carbocycles. The lowest BCUT2D eigenvalue weighted by Gasteiger charge is -2.13. The highest BCUT2D eigenvalue weighted by Gasteiger charge is 2.14. The number of nitrogens with zero attached hydrogens (tertiary/aromatic N) is 2. The topological polar surface area (TPSA) is 85.4 Å². The van der Waals surface area contributed by atoms with Gasteiger partial charge in [0.05, 0.1) is 25.1 Å². The van der Waals surface area contributed by atoms with Gasteiger partial charge in [0.15, 0.2) is 0 Å². The fraction of sp³-hybridized carbons (Fsp3) is 0.190. The number of anilines is 3. The molecule has 1 amide bonds. The number of amides is 1. The quantitative estimate of drug-likeness (QED) is 0.641. The largest absolute Gasteiger partial charge is 0.495 e. The van der Waals surface area contributed by atoms with Crippen molar-refractivity contribution < 1.29 is 14.3 Å². The van der Waals surface area contributed by atoms with E-state index in [1.165, 1.54) is 0 Å². The van der Waals surface area contributed by atoms with Crippen molar-refractivity contribution in [1.82, 2.24) is 9.97 Å². The zero-order valence-corrected chi connectivity index (χ0v) is 16.0. The minimum Gasteiger partial charge on any atom is -0.495 e. The number of ether oxygens (including phenoxy) is 2. The molecule has 28 heavy (non-hydrogen) atoms. The number of nitrogens with one attached hydrogen (secondary N) is 2. The van der Waals surface area contributed by atoms with Gasteiger partial charge in [-0.3, -0.25) is 4.79 Å². The van der Waals surface area contributed by atoms with E-state index >= 15 is 0 Å². The average Bonchev–Trinajstić information content (AvgIpc) is 2.69. The summed E-state index contributed by atoms with van der Waals surface area (Å²) in [6.45, 7) is 4.13. The van der Waals surface area contributed by atoms with Crippen LogP contribution in [0, 0.1) is 6.92 Å². The molecule has 7 heteroatoms. The molecule has 3 rings (SSSR count). The van der Waals surface area contributed by atoms with Gasteiger partial charge >= 0.3 is 0 Å². The molecule has 0 saturated heterocycles. The van der Waals surface area contributed by atoms with Gasteiger partial charge in [-0.1, -0.05) is 24.3 Å². The maximum absolute atomic E-state index is 12.7. The normalized spacial score (nSPS) is 10.2. The number of carbonyl (C=O) groups is 1. The second-order valence-electron chi connectivity index (χ2n) is 5.89. The number of para-hydroxylation sites is 4. The van der Waals surface area contributed by atoms with Crippen LogP contribution < -0.4 is 20.1 Å². The lowest BCUT2D eigenvalue weighted by molar-refractivity contribution is 0.102. The fourth-order valence-electron chi connectivity index (χ4n) is 2.67. The molecule has 7 nitrogen and oxygen atoms in total. The van der Waals surface area contributed by atoms with Crippen LogP contribution >= 0.6 is 0 Å². The van der Waals surface area contributed by atoms with Crippen molar-refractivity contribution in [3.8, 4) is 11.5 Å². The molecule has 144 valence electrons. The van der Waals surface area contributed by atoms with Gasteiger partial charge in [0.25, 0.3) is 5.91 Å². The smallest absolute Gasteiger partial charge is 0.274 e. The van der Waals surface area contributed by atoms with Crippen molar-refractivity contribution in [1.29, 1.82) is 0 Å². The first-order valence-corrected chi connectivity index (χ1v) is 8.89. The Kier molecular flexibility index (Phi) is 6.06. The van der Waals surface area contributed by atoms with Gasteiger partial charge in [0.1, 0.15) is 28.8 Å². The van der Waals surface area contributed by atoms with Crippen molar-refractivity contribution in [3.63, 3.8) is 0 Å². The first-order chi connectivity index (χ1) is 13.6. The zero-order chi connectivity index (χ0) is 19.9. The third-order valence-corrected chi connectivity index (χ3v) is 3.88. The molecule has 0 radical (unpaired) electrons. The van der Waals surface area contributed by atoms with Crippen molar-refractivity contribution in [2.24, 2.45) is 0 Å². The Bertz CT molecular complexity index is 975. The van der Waals surface area contributed by atoms with Crippen LogP contribution in [0.5, 0.6) is 11.5 Å². The van der Waals surface area contributed by atoms with Crippen molar-refractivity contribution in [2.45, 2.75) is 13.8 Å². The predicted molar refractivity (Wildman–Crippen MR) is 109 cm³/mol. The number of carbonyl (C=O) groups excluding carboxylic acids is 1. The second kappa shape index (κ2) is 8.85. The van der Waals surface area contributed by atoms with Gasteiger partial charge in [0.2, 0.25) is 0 Å². The third-order valence-electron chi connectivity index (χ3n) is 3.88. The molecule has 0 spiro atoms. The molecule has 0 aliphatic rings. The molecule has 1 heterocycles. The molecule has 0 atom stereocenters. The van der Waals surface area contributed by atoms with E-state index in [9.17, 15) is 4.79 Å². The number of aromatic nitrogens is 2. The Labute approximate surface area is 163 Å². The predicted octanol–water partition coefficient (Wildman–Crippen LogP) is 4.19. The minimum atomic E-state index is -0.347. The first kappa shape index (κ1) is 19.2. The number of methoxy groups -OCH3 is 1. The summed E-state index contributed by atoms with van der Waals surface area (Å²) in [4.78, 5) is 21.4. The van der Waals surface area contributed by atoms with Crippen LogP contribution in [0.3, 0.4) is 0 Å². The van der Waals surface area contributed by atoms with Crippen LogP contribution in [-0.4, -0.2) is 29.6 Å². The SMILES string of the molecule is CCOc1ccccc1NC(=O)c1cc(Nc2ccccc2OC)nc(C)n1. The Hall–Kier alpha value is -3.61. The molecule has 1 aromatic heterocycles. The van der Waals surface area contributed by atoms with E-state index in [1.54, 1.807) is 32.2 Å². The molecular formula is C21H22N4O3. The van der Waals surface area contributed by atoms with Crippen LogP contribution in [0.15, 0.2) is 54.6 Å². The Morgan fingerprint density at radius 3 is 2.39 bits per heavy atom. The highest BCUT2D eigenvalue weighted by Crippen LogP contribution is 2.27. The first-order valence-electron chi connectivity index (χ1n) is 8.89. The lowest BCUT2D eigenvalue weighted by atomic mass is 10.2. The van der Waals surface area contributed by atoms with Gasteiger partial charge in [-0.2, -0.15) is 0 Å². The summed E-state index contributed by atoms with van der Waals surface area (Å²) in [7, 11) is 1.60. The minimum absolute atomic E-state index is 0.246. The maximum Gasteiger partial charge on any atom is 0.274 e. The van der Waals surface area contributed by atoms with Crippen LogP contribution in [0.2, 0.25) is 0 Å². The molecular weight excluding hydrogens is 356 g/mol. The number of aryl methyl sites for hydroxylation is 1. The highest BCUT2D eigenvalue weighted by atomic mass is 16.5. The number of hydrogen-bond donors (Lipinski definition) is 2. The van der Waals surface area contributed by atoms with E-state index in [-0.39, 0.29) is 11.6 Å². The van der Waals surface area contributed by atoms with Crippen LogP contribution in [-0.2, 0) is 0 Å². The van der Waals surface area contributed by atoms with Crippen LogP contribution in [0.25, 0.3) is 0 Å². The fourth-order valence-corrected chi connectivity index (χ4v) is 2.67. The Morgan fingerprint density at radius 2 is 1.68 bits per heavy atom. The summed E-state index contributed by atoms with van der Waals surface area (Å²) in [5.41, 5.74) is 1.58. The summed E-state index contributed by atoms with van der Waals surface area (Å²) in [5.74, 6) is 1.91. The maximum atomic E-state index is 12.7. The van der Waals surface area contributed by atoms with E-state index in [2.05, 4.69) is 20.6 Å². The summed E-state index contributed by atoms with van der Waals surface area (Å²) in [5, 5.41) is 6.02. The van der Waals surface area contributed by atoms with Crippen molar-refractivity contribution in [3.05, 3.63) is 66.1 Å². The molecule has 0 saturated carbocycles. The molecule has 2 aromatic carbocycles. The van der Waals surface area contributed by atoms with E-state index in [0.29, 0.717) is 35.4 Å². The van der Waals surface area contributed by atoms with Gasteiger partial charge in [-0.25, -0.2) is 9.97 Å². The monoisotopic (exact) mass is 378 g/mol. The standard InChI is InChI=1S/C21H22N4O3/c1-4-28-19-12-8-6-10-16(19)25-21(26)17-13-20(23-14(2)22-17)24-15-9-5-7-11-18(15)27-3/h5-13H,4H2,1-3H3,(H,25,26)(H,22,23,24). The molecule has 3 aromatic rings. The van der Waals surface area contributed by atoms with Crippen LogP contribution in [0.4, 0.5) is 17.2 Å². The number of benzene rings is 2. The van der Waals surface area contributed by atoms with Gasteiger partial charge < -0.3 is 20.1 Å². The van der Waals surface area contributed by atoms with E-state index < -0.39 is 0 Å². The van der Waals surface area contributed by atoms with E-state index in [1.807, 2.05) is 43.3 Å². The summed E-state index contributed by atoms with van der Waals surface area (Å²) >= 11 is 0. The molecule has 0 aliphatic heterocycles. The second-order valence-corrected chi connectivity index (χ2v) is 5.89. The Morgan fingerprint density at radius 1 is 1.00 bits per heavy atom. The number of rotatable bonds is 7. The summed E-state index contributed by atoms with van der Waals surface area (Å²) < 4.78 is 10.9. The molecule has 2 N–H and O–H groups in total. The van der Waals surface area contributed by atoms with Gasteiger partial charge in [-0.05, 0) is 38.1 Å². The highest BCUT2D eigenvalue weighted by molar-refractivity contribution is 6.04. The van der Waals surface area contributed by atoms with Crippen LogP contribution in [0.1, 0.15) is 23.2 Å². The third kappa shape index (κ3) is 4.56. The molecule has 0 fully saturated rings. The van der Waals surface area contributed by atoms with Crippen molar-refractivity contribution >= 4 is 23.1 Å². The average molecular weight is 378 g/mol. The summed E-state index contributed by atoms with van der Waals surface area (Å²) in [6, 6.07) is 16.3. The Balaban J connectivity index is 1.84. The van der Waals surface area contributed by atoms with Crippen molar-refractivity contribution in [2.75, 3.05) is 24.4 Å². The zero-order valence-electron chi connectivity index (χ0n) is 16.0. The molecule has 0 bridgehead atoms. The lowest BCUT2D eigenvalue weighted by Crippen LogP contribution is -2.16.